The fraction of sp³-hybridized carbons (Fsp3) is 0.522. The van der Waals surface area contributed by atoms with Gasteiger partial charge in [0.05, 0.1) is 5.39 Å². The maximum Gasteiger partial charge on any atom is 0.408 e. The molecule has 164 valence electrons. The van der Waals surface area contributed by atoms with E-state index in [2.05, 4.69) is 5.32 Å². The van der Waals surface area contributed by atoms with E-state index in [0.29, 0.717) is 23.1 Å². The van der Waals surface area contributed by atoms with Crippen LogP contribution in [0.5, 0.6) is 5.75 Å². The van der Waals surface area contributed by atoms with Crippen molar-refractivity contribution in [3.63, 3.8) is 0 Å². The van der Waals surface area contributed by atoms with Gasteiger partial charge in [0.1, 0.15) is 23.0 Å². The summed E-state index contributed by atoms with van der Waals surface area (Å²) in [5.74, 6) is -0.538. The third-order valence-corrected chi connectivity index (χ3v) is 4.36. The normalized spacial score (nSPS) is 12.7. The number of hydrogen-bond donors (Lipinski definition) is 1. The zero-order valence-corrected chi connectivity index (χ0v) is 18.8. The lowest BCUT2D eigenvalue weighted by atomic mass is 10.0. The number of rotatable bonds is 6. The molecule has 0 aliphatic carbocycles. The second-order valence-electron chi connectivity index (χ2n) is 8.77. The number of ether oxygens (including phenoxy) is 2. The zero-order valence-electron chi connectivity index (χ0n) is 18.8. The first kappa shape index (κ1) is 23.4. The molecule has 0 bridgehead atoms. The van der Waals surface area contributed by atoms with Crippen molar-refractivity contribution in [1.29, 1.82) is 0 Å². The summed E-state index contributed by atoms with van der Waals surface area (Å²) in [5.41, 5.74) is 0.779. The topological polar surface area (TPSA) is 94.8 Å². The van der Waals surface area contributed by atoms with Gasteiger partial charge in [0.25, 0.3) is 0 Å². The Hall–Kier alpha value is -2.83. The van der Waals surface area contributed by atoms with Crippen molar-refractivity contribution < 1.29 is 23.5 Å². The molecular formula is C23H31NO6. The Labute approximate surface area is 176 Å². The van der Waals surface area contributed by atoms with Crippen LogP contribution in [0.3, 0.4) is 0 Å². The molecule has 0 unspecified atom stereocenters. The monoisotopic (exact) mass is 417 g/mol. The Balaban J connectivity index is 2.40. The first-order valence-corrected chi connectivity index (χ1v) is 10.2. The van der Waals surface area contributed by atoms with E-state index in [-0.39, 0.29) is 5.92 Å². The highest BCUT2D eigenvalue weighted by Crippen LogP contribution is 2.31. The maximum atomic E-state index is 13.0. The van der Waals surface area contributed by atoms with Gasteiger partial charge in [-0.05, 0) is 63.3 Å². The van der Waals surface area contributed by atoms with Crippen molar-refractivity contribution in [1.82, 2.24) is 5.32 Å². The third kappa shape index (κ3) is 6.08. The van der Waals surface area contributed by atoms with Crippen LogP contribution in [0.1, 0.15) is 59.1 Å². The minimum atomic E-state index is -0.902. The van der Waals surface area contributed by atoms with E-state index in [1.165, 1.54) is 6.07 Å². The first-order valence-electron chi connectivity index (χ1n) is 10.2. The molecule has 1 atom stereocenters. The molecular weight excluding hydrogens is 386 g/mol. The highest BCUT2D eigenvalue weighted by molar-refractivity contribution is 5.91. The molecule has 0 saturated heterocycles. The lowest BCUT2D eigenvalue weighted by Crippen LogP contribution is -2.48. The Kier molecular flexibility index (Phi) is 7.29. The van der Waals surface area contributed by atoms with Crippen LogP contribution in [0.15, 0.2) is 27.4 Å². The van der Waals surface area contributed by atoms with Gasteiger partial charge < -0.3 is 19.2 Å². The number of aryl methyl sites for hydroxylation is 2. The molecule has 1 amide bonds. The zero-order chi connectivity index (χ0) is 22.6. The Morgan fingerprint density at radius 2 is 1.83 bits per heavy atom. The smallest absolute Gasteiger partial charge is 0.408 e. The molecule has 0 radical (unpaired) electrons. The predicted molar refractivity (Wildman–Crippen MR) is 115 cm³/mol. The van der Waals surface area contributed by atoms with Crippen LogP contribution in [-0.4, -0.2) is 23.7 Å². The summed E-state index contributed by atoms with van der Waals surface area (Å²) in [5, 5.41) is 3.19. The van der Waals surface area contributed by atoms with Gasteiger partial charge >= 0.3 is 17.7 Å². The molecule has 1 aromatic heterocycles. The molecule has 0 aliphatic heterocycles. The van der Waals surface area contributed by atoms with Gasteiger partial charge in [0, 0.05) is 6.07 Å². The second kappa shape index (κ2) is 9.32. The molecule has 2 aromatic rings. The summed E-state index contributed by atoms with van der Waals surface area (Å²) in [6.45, 7) is 12.7. The second-order valence-corrected chi connectivity index (χ2v) is 8.77. The molecule has 0 fully saturated rings. The maximum absolute atomic E-state index is 13.0. The molecule has 1 aromatic carbocycles. The lowest BCUT2D eigenvalue weighted by molar-refractivity contribution is -0.137. The number of alkyl carbamates (subject to hydrolysis) is 1. The number of fused-ring (bicyclic) bond motifs is 1. The van der Waals surface area contributed by atoms with Crippen molar-refractivity contribution >= 4 is 23.0 Å². The van der Waals surface area contributed by atoms with E-state index < -0.39 is 29.3 Å². The average molecular weight is 418 g/mol. The third-order valence-electron chi connectivity index (χ3n) is 4.36. The number of esters is 1. The SMILES string of the molecule is CCCc1cc(=O)oc2cc(C)cc(OC(=O)[C@@H](NC(=O)OC(C)(C)C)C(C)C)c12. The molecule has 1 N–H and O–H groups in total. The van der Waals surface area contributed by atoms with E-state index in [4.69, 9.17) is 13.9 Å². The number of carbonyl (C=O) groups is 2. The van der Waals surface area contributed by atoms with E-state index in [0.717, 1.165) is 17.5 Å². The highest BCUT2D eigenvalue weighted by Gasteiger charge is 2.29. The van der Waals surface area contributed by atoms with Crippen molar-refractivity contribution in [2.75, 3.05) is 0 Å². The number of benzene rings is 1. The van der Waals surface area contributed by atoms with Crippen LogP contribution in [0, 0.1) is 12.8 Å². The number of hydrogen-bond acceptors (Lipinski definition) is 6. The molecule has 0 spiro atoms. The number of amides is 1. The van der Waals surface area contributed by atoms with Gasteiger partial charge in [-0.1, -0.05) is 27.2 Å². The van der Waals surface area contributed by atoms with Gasteiger partial charge in [-0.15, -0.1) is 0 Å². The van der Waals surface area contributed by atoms with Gasteiger partial charge in [-0.3, -0.25) is 0 Å². The van der Waals surface area contributed by atoms with Crippen molar-refractivity contribution in [2.24, 2.45) is 5.92 Å². The largest absolute Gasteiger partial charge is 0.444 e. The predicted octanol–water partition coefficient (Wildman–Crippen LogP) is 4.51. The van der Waals surface area contributed by atoms with Crippen LogP contribution in [0.4, 0.5) is 4.79 Å². The molecule has 7 heteroatoms. The van der Waals surface area contributed by atoms with Gasteiger partial charge in [0.15, 0.2) is 0 Å². The minimum absolute atomic E-state index is 0.228. The van der Waals surface area contributed by atoms with Crippen LogP contribution >= 0.6 is 0 Å². The summed E-state index contributed by atoms with van der Waals surface area (Å²) in [7, 11) is 0. The van der Waals surface area contributed by atoms with Crippen LogP contribution < -0.4 is 15.7 Å². The Bertz CT molecular complexity index is 984. The molecule has 1 heterocycles. The molecule has 30 heavy (non-hydrogen) atoms. The molecule has 7 nitrogen and oxygen atoms in total. The van der Waals surface area contributed by atoms with Gasteiger partial charge in [0.2, 0.25) is 0 Å². The summed E-state index contributed by atoms with van der Waals surface area (Å²) < 4.78 is 16.3. The number of carbonyl (C=O) groups excluding carboxylic acids is 2. The van der Waals surface area contributed by atoms with Gasteiger partial charge in [-0.2, -0.15) is 0 Å². The van der Waals surface area contributed by atoms with Crippen molar-refractivity contribution in [3.05, 3.63) is 39.7 Å². The van der Waals surface area contributed by atoms with E-state index >= 15 is 0 Å². The molecule has 0 saturated carbocycles. The summed E-state index contributed by atoms with van der Waals surface area (Å²) in [6.07, 6.45) is 0.763. The average Bonchev–Trinajstić information content (AvgIpc) is 2.57. The Morgan fingerprint density at radius 1 is 1.17 bits per heavy atom. The van der Waals surface area contributed by atoms with Crippen LogP contribution in [0.2, 0.25) is 0 Å². The first-order chi connectivity index (χ1) is 13.9. The van der Waals surface area contributed by atoms with E-state index in [9.17, 15) is 14.4 Å². The molecule has 0 aliphatic rings. The highest BCUT2D eigenvalue weighted by atomic mass is 16.6. The number of nitrogens with one attached hydrogen (secondary N) is 1. The van der Waals surface area contributed by atoms with Gasteiger partial charge in [-0.25, -0.2) is 14.4 Å². The Morgan fingerprint density at radius 3 is 2.40 bits per heavy atom. The quantitative estimate of drug-likeness (QED) is 0.422. The molecule has 2 rings (SSSR count). The van der Waals surface area contributed by atoms with E-state index in [1.807, 2.05) is 13.8 Å². The van der Waals surface area contributed by atoms with Crippen LogP contribution in [-0.2, 0) is 16.0 Å². The lowest BCUT2D eigenvalue weighted by Gasteiger charge is -2.24. The summed E-state index contributed by atoms with van der Waals surface area (Å²) >= 11 is 0. The fourth-order valence-electron chi connectivity index (χ4n) is 3.12. The van der Waals surface area contributed by atoms with Crippen LogP contribution in [0.25, 0.3) is 11.0 Å². The summed E-state index contributed by atoms with van der Waals surface area (Å²) in [4.78, 5) is 37.1. The van der Waals surface area contributed by atoms with Crippen molar-refractivity contribution in [3.8, 4) is 5.75 Å². The summed E-state index contributed by atoms with van der Waals surface area (Å²) in [6, 6.07) is 3.99. The standard InChI is InChI=1S/C23H31NO6/c1-8-9-15-12-18(25)28-16-10-14(4)11-17(19(15)16)29-21(26)20(13(2)3)24-22(27)30-23(5,6)7/h10-13,20H,8-9H2,1-7H3,(H,24,27)/t20-/m0/s1. The van der Waals surface area contributed by atoms with E-state index in [1.54, 1.807) is 46.8 Å². The minimum Gasteiger partial charge on any atom is -0.444 e. The fourth-order valence-corrected chi connectivity index (χ4v) is 3.12. The van der Waals surface area contributed by atoms with Crippen molar-refractivity contribution in [2.45, 2.75) is 73.0 Å².